The standard InChI is InChI=1S/C18H18N4O4/c1-12-3-4-14(15(9-12)24-2)25-11-16(23)20-10-17-21-18(22-26-17)13-5-7-19-8-6-13/h3-9H,10-11H2,1-2H3,(H,20,23). The smallest absolute Gasteiger partial charge is 0.258 e. The molecule has 0 saturated carbocycles. The predicted octanol–water partition coefficient (Wildman–Crippen LogP) is 2.14. The Morgan fingerprint density at radius 1 is 1.19 bits per heavy atom. The van der Waals surface area contributed by atoms with E-state index in [9.17, 15) is 4.79 Å². The lowest BCUT2D eigenvalue weighted by Crippen LogP contribution is -2.28. The van der Waals surface area contributed by atoms with Crippen molar-refractivity contribution in [2.75, 3.05) is 13.7 Å². The molecular weight excluding hydrogens is 336 g/mol. The van der Waals surface area contributed by atoms with Gasteiger partial charge in [-0.1, -0.05) is 11.2 Å². The number of ether oxygens (including phenoxy) is 2. The van der Waals surface area contributed by atoms with Crippen LogP contribution in [0.15, 0.2) is 47.2 Å². The fourth-order valence-electron chi connectivity index (χ4n) is 2.21. The quantitative estimate of drug-likeness (QED) is 0.694. The minimum atomic E-state index is -0.309. The molecule has 2 heterocycles. The number of benzene rings is 1. The van der Waals surface area contributed by atoms with Crippen LogP contribution in [-0.4, -0.2) is 34.7 Å². The average molecular weight is 354 g/mol. The Morgan fingerprint density at radius 3 is 2.77 bits per heavy atom. The van der Waals surface area contributed by atoms with Crippen LogP contribution >= 0.6 is 0 Å². The molecule has 0 aliphatic rings. The van der Waals surface area contributed by atoms with Gasteiger partial charge in [-0.2, -0.15) is 4.98 Å². The first kappa shape index (κ1) is 17.4. The Kier molecular flexibility index (Phi) is 5.43. The molecule has 0 fully saturated rings. The summed E-state index contributed by atoms with van der Waals surface area (Å²) >= 11 is 0. The molecule has 0 unspecified atom stereocenters. The topological polar surface area (TPSA) is 99.4 Å². The van der Waals surface area contributed by atoms with Gasteiger partial charge >= 0.3 is 0 Å². The number of amides is 1. The van der Waals surface area contributed by atoms with Crippen LogP contribution in [-0.2, 0) is 11.3 Å². The minimum Gasteiger partial charge on any atom is -0.493 e. The molecule has 0 spiro atoms. The number of aromatic nitrogens is 3. The molecule has 1 N–H and O–H groups in total. The van der Waals surface area contributed by atoms with Gasteiger partial charge in [0.05, 0.1) is 13.7 Å². The molecule has 0 aliphatic heterocycles. The van der Waals surface area contributed by atoms with Gasteiger partial charge < -0.3 is 19.3 Å². The molecule has 134 valence electrons. The zero-order chi connectivity index (χ0) is 18.4. The third-order valence-electron chi connectivity index (χ3n) is 3.52. The number of pyridine rings is 1. The zero-order valence-corrected chi connectivity index (χ0v) is 14.4. The van der Waals surface area contributed by atoms with Crippen LogP contribution in [0.3, 0.4) is 0 Å². The minimum absolute atomic E-state index is 0.116. The molecule has 3 rings (SSSR count). The van der Waals surface area contributed by atoms with Gasteiger partial charge in [-0.15, -0.1) is 0 Å². The van der Waals surface area contributed by atoms with Crippen molar-refractivity contribution in [1.29, 1.82) is 0 Å². The highest BCUT2D eigenvalue weighted by Gasteiger charge is 2.11. The van der Waals surface area contributed by atoms with Gasteiger partial charge in [0.25, 0.3) is 5.91 Å². The number of nitrogens with one attached hydrogen (secondary N) is 1. The number of rotatable bonds is 7. The van der Waals surface area contributed by atoms with E-state index >= 15 is 0 Å². The lowest BCUT2D eigenvalue weighted by atomic mass is 10.2. The number of hydrogen-bond donors (Lipinski definition) is 1. The predicted molar refractivity (Wildman–Crippen MR) is 92.6 cm³/mol. The number of aryl methyl sites for hydroxylation is 1. The molecule has 1 amide bonds. The van der Waals surface area contributed by atoms with Gasteiger partial charge in [0, 0.05) is 18.0 Å². The van der Waals surface area contributed by atoms with Gasteiger partial charge in [0.1, 0.15) is 0 Å². The summed E-state index contributed by atoms with van der Waals surface area (Å²) in [5.41, 5.74) is 1.83. The second-order valence-corrected chi connectivity index (χ2v) is 5.47. The van der Waals surface area contributed by atoms with Crippen molar-refractivity contribution in [1.82, 2.24) is 20.4 Å². The number of methoxy groups -OCH3 is 1. The largest absolute Gasteiger partial charge is 0.493 e. The molecule has 8 nitrogen and oxygen atoms in total. The summed E-state index contributed by atoms with van der Waals surface area (Å²) in [6, 6.07) is 9.04. The third-order valence-corrected chi connectivity index (χ3v) is 3.52. The summed E-state index contributed by atoms with van der Waals surface area (Å²) in [7, 11) is 1.55. The van der Waals surface area contributed by atoms with Crippen molar-refractivity contribution in [3.63, 3.8) is 0 Å². The van der Waals surface area contributed by atoms with Crippen molar-refractivity contribution < 1.29 is 18.8 Å². The Bertz CT molecular complexity index is 880. The maximum atomic E-state index is 12.0. The first-order valence-corrected chi connectivity index (χ1v) is 7.93. The molecule has 2 aromatic heterocycles. The van der Waals surface area contributed by atoms with Crippen molar-refractivity contribution in [2.45, 2.75) is 13.5 Å². The number of carbonyl (C=O) groups excluding carboxylic acids is 1. The Morgan fingerprint density at radius 2 is 2.00 bits per heavy atom. The maximum absolute atomic E-state index is 12.0. The van der Waals surface area contributed by atoms with Crippen LogP contribution in [0.5, 0.6) is 11.5 Å². The van der Waals surface area contributed by atoms with Crippen molar-refractivity contribution in [2.24, 2.45) is 0 Å². The van der Waals surface area contributed by atoms with Gasteiger partial charge in [-0.25, -0.2) is 0 Å². The molecule has 3 aromatic rings. The van der Waals surface area contributed by atoms with E-state index in [1.165, 1.54) is 0 Å². The Hall–Kier alpha value is -3.42. The van der Waals surface area contributed by atoms with E-state index in [0.717, 1.165) is 11.1 Å². The monoisotopic (exact) mass is 354 g/mol. The van der Waals surface area contributed by atoms with E-state index in [4.69, 9.17) is 14.0 Å². The van der Waals surface area contributed by atoms with E-state index in [1.54, 1.807) is 37.7 Å². The first-order valence-electron chi connectivity index (χ1n) is 7.93. The molecule has 26 heavy (non-hydrogen) atoms. The van der Waals surface area contributed by atoms with Crippen molar-refractivity contribution >= 4 is 5.91 Å². The van der Waals surface area contributed by atoms with Gasteiger partial charge in [0.2, 0.25) is 11.7 Å². The number of hydrogen-bond acceptors (Lipinski definition) is 7. The van der Waals surface area contributed by atoms with Gasteiger partial charge in [0.15, 0.2) is 18.1 Å². The third kappa shape index (κ3) is 4.35. The molecule has 1 aromatic carbocycles. The second-order valence-electron chi connectivity index (χ2n) is 5.47. The molecule has 8 heteroatoms. The average Bonchev–Trinajstić information content (AvgIpc) is 3.15. The van der Waals surface area contributed by atoms with E-state index < -0.39 is 0 Å². The molecule has 0 bridgehead atoms. The number of nitrogens with zero attached hydrogens (tertiary/aromatic N) is 3. The fraction of sp³-hybridized carbons (Fsp3) is 0.222. The number of carbonyl (C=O) groups is 1. The molecule has 0 atom stereocenters. The highest BCUT2D eigenvalue weighted by Crippen LogP contribution is 2.27. The van der Waals surface area contributed by atoms with Crippen LogP contribution in [0.2, 0.25) is 0 Å². The van der Waals surface area contributed by atoms with E-state index in [-0.39, 0.29) is 19.1 Å². The van der Waals surface area contributed by atoms with E-state index in [0.29, 0.717) is 23.2 Å². The lowest BCUT2D eigenvalue weighted by molar-refractivity contribution is -0.123. The van der Waals surface area contributed by atoms with E-state index in [1.807, 2.05) is 19.1 Å². The SMILES string of the molecule is COc1cc(C)ccc1OCC(=O)NCc1nc(-c2ccncc2)no1. The van der Waals surface area contributed by atoms with Crippen LogP contribution in [0.4, 0.5) is 0 Å². The first-order chi connectivity index (χ1) is 12.7. The molecule has 0 saturated heterocycles. The second kappa shape index (κ2) is 8.11. The summed E-state index contributed by atoms with van der Waals surface area (Å²) in [5, 5.41) is 6.55. The van der Waals surface area contributed by atoms with Gasteiger partial charge in [-0.3, -0.25) is 9.78 Å². The highest BCUT2D eigenvalue weighted by atomic mass is 16.5. The summed E-state index contributed by atoms with van der Waals surface area (Å²) < 4.78 is 15.9. The van der Waals surface area contributed by atoms with Crippen LogP contribution in [0.1, 0.15) is 11.5 Å². The maximum Gasteiger partial charge on any atom is 0.258 e. The van der Waals surface area contributed by atoms with Crippen molar-refractivity contribution in [3.05, 3.63) is 54.2 Å². The van der Waals surface area contributed by atoms with Crippen molar-refractivity contribution in [3.8, 4) is 22.9 Å². The summed E-state index contributed by atoms with van der Waals surface area (Å²) in [6.07, 6.45) is 3.29. The summed E-state index contributed by atoms with van der Waals surface area (Å²) in [4.78, 5) is 20.1. The summed E-state index contributed by atoms with van der Waals surface area (Å²) in [5.74, 6) is 1.52. The molecular formula is C18H18N4O4. The summed E-state index contributed by atoms with van der Waals surface area (Å²) in [6.45, 7) is 1.92. The zero-order valence-electron chi connectivity index (χ0n) is 14.4. The molecule has 0 radical (unpaired) electrons. The van der Waals surface area contributed by atoms with Crippen LogP contribution in [0, 0.1) is 6.92 Å². The lowest BCUT2D eigenvalue weighted by Gasteiger charge is -2.10. The normalized spacial score (nSPS) is 10.4. The van der Waals surface area contributed by atoms with E-state index in [2.05, 4.69) is 20.4 Å². The van der Waals surface area contributed by atoms with Crippen LogP contribution < -0.4 is 14.8 Å². The highest BCUT2D eigenvalue weighted by molar-refractivity contribution is 5.77. The Balaban J connectivity index is 1.51. The molecule has 0 aliphatic carbocycles. The Labute approximate surface area is 150 Å². The van der Waals surface area contributed by atoms with Crippen LogP contribution in [0.25, 0.3) is 11.4 Å². The van der Waals surface area contributed by atoms with Gasteiger partial charge in [-0.05, 0) is 36.8 Å². The fourth-order valence-corrected chi connectivity index (χ4v) is 2.21.